The molecule has 0 atom stereocenters. The second kappa shape index (κ2) is 6.40. The minimum absolute atomic E-state index is 0.133. The van der Waals surface area contributed by atoms with E-state index in [0.717, 1.165) is 23.2 Å². The fraction of sp³-hybridized carbons (Fsp3) is 0.471. The lowest BCUT2D eigenvalue weighted by Crippen LogP contribution is -3.10. The van der Waals surface area contributed by atoms with Gasteiger partial charge < -0.3 is 19.4 Å². The van der Waals surface area contributed by atoms with Gasteiger partial charge in [-0.05, 0) is 25.1 Å². The quantitative estimate of drug-likeness (QED) is 0.871. The van der Waals surface area contributed by atoms with Gasteiger partial charge in [0.2, 0.25) is 0 Å². The Morgan fingerprint density at radius 2 is 2.14 bits per heavy atom. The molecule has 0 unspecified atom stereocenters. The van der Waals surface area contributed by atoms with Gasteiger partial charge in [0.1, 0.15) is 11.3 Å². The first kappa shape index (κ1) is 14.9. The Bertz CT molecular complexity index is 672. The van der Waals surface area contributed by atoms with Gasteiger partial charge in [0.15, 0.2) is 5.76 Å². The van der Waals surface area contributed by atoms with Crippen LogP contribution in [0.25, 0.3) is 11.0 Å². The lowest BCUT2D eigenvalue weighted by Gasteiger charge is -2.11. The van der Waals surface area contributed by atoms with E-state index in [0.29, 0.717) is 17.9 Å². The van der Waals surface area contributed by atoms with Crippen molar-refractivity contribution in [1.82, 2.24) is 5.32 Å². The average molecular weight is 303 g/mol. The Kier molecular flexibility index (Phi) is 4.34. The van der Waals surface area contributed by atoms with Crippen LogP contribution < -0.4 is 15.0 Å². The van der Waals surface area contributed by atoms with E-state index in [2.05, 4.69) is 5.32 Å². The summed E-state index contributed by atoms with van der Waals surface area (Å²) in [5, 5.41) is 3.90. The summed E-state index contributed by atoms with van der Waals surface area (Å²) in [5.74, 6) is 1.03. The zero-order valence-electron chi connectivity index (χ0n) is 13.2. The van der Waals surface area contributed by atoms with Crippen LogP contribution in [-0.4, -0.2) is 39.2 Å². The highest BCUT2D eigenvalue weighted by Gasteiger charge is 2.19. The maximum atomic E-state index is 12.3. The minimum Gasteiger partial charge on any atom is -0.497 e. The summed E-state index contributed by atoms with van der Waals surface area (Å²) in [6, 6.07) is 5.58. The van der Waals surface area contributed by atoms with Crippen molar-refractivity contribution in [3.05, 3.63) is 29.5 Å². The summed E-state index contributed by atoms with van der Waals surface area (Å²) in [6.07, 6.45) is 2.60. The Hall–Kier alpha value is -2.01. The second-order valence-electron chi connectivity index (χ2n) is 5.88. The number of carbonyl (C=O) groups is 1. The summed E-state index contributed by atoms with van der Waals surface area (Å²) < 4.78 is 10.9. The highest BCUT2D eigenvalue weighted by molar-refractivity contribution is 5.99. The van der Waals surface area contributed by atoms with Crippen molar-refractivity contribution in [3.63, 3.8) is 0 Å². The summed E-state index contributed by atoms with van der Waals surface area (Å²) in [5.41, 5.74) is 1.58. The highest BCUT2D eigenvalue weighted by Crippen LogP contribution is 2.28. The zero-order chi connectivity index (χ0) is 15.5. The molecule has 0 spiro atoms. The van der Waals surface area contributed by atoms with E-state index < -0.39 is 0 Å². The molecule has 1 aliphatic heterocycles. The van der Waals surface area contributed by atoms with Crippen molar-refractivity contribution in [2.75, 3.05) is 33.3 Å². The molecule has 0 radical (unpaired) electrons. The molecule has 1 amide bonds. The van der Waals surface area contributed by atoms with E-state index in [-0.39, 0.29) is 5.91 Å². The third kappa shape index (κ3) is 2.95. The lowest BCUT2D eigenvalue weighted by molar-refractivity contribution is -0.886. The molecule has 0 saturated carbocycles. The first-order chi connectivity index (χ1) is 10.7. The summed E-state index contributed by atoms with van der Waals surface area (Å²) in [6.45, 7) is 6.03. The number of quaternary nitrogens is 1. The molecule has 1 aliphatic rings. The molecule has 3 rings (SSSR count). The molecule has 2 heterocycles. The summed E-state index contributed by atoms with van der Waals surface area (Å²) >= 11 is 0. The number of methoxy groups -OCH3 is 1. The number of fused-ring (bicyclic) bond motifs is 1. The van der Waals surface area contributed by atoms with Crippen LogP contribution in [0.5, 0.6) is 5.75 Å². The molecule has 2 N–H and O–H groups in total. The molecule has 5 heteroatoms. The van der Waals surface area contributed by atoms with Crippen molar-refractivity contribution in [2.24, 2.45) is 0 Å². The van der Waals surface area contributed by atoms with E-state index in [1.807, 2.05) is 25.1 Å². The molecule has 118 valence electrons. The molecular formula is C17H23N2O3+. The number of amides is 1. The third-order valence-corrected chi connectivity index (χ3v) is 4.42. The van der Waals surface area contributed by atoms with Crippen LogP contribution in [0.15, 0.2) is 22.6 Å². The highest BCUT2D eigenvalue weighted by atomic mass is 16.5. The maximum absolute atomic E-state index is 12.3. The SMILES string of the molecule is COc1ccc2oc(C(=O)NCC[NH+]3CCCC3)c(C)c2c1. The number of likely N-dealkylation sites (tertiary alicyclic amines) is 1. The van der Waals surface area contributed by atoms with Gasteiger partial charge in [0.25, 0.3) is 5.91 Å². The number of furan rings is 1. The first-order valence-electron chi connectivity index (χ1n) is 7.88. The molecule has 1 fully saturated rings. The topological polar surface area (TPSA) is 55.9 Å². The van der Waals surface area contributed by atoms with Gasteiger partial charge in [-0.15, -0.1) is 0 Å². The molecule has 1 aromatic heterocycles. The Morgan fingerprint density at radius 3 is 2.86 bits per heavy atom. The normalized spacial score (nSPS) is 15.4. The van der Waals surface area contributed by atoms with Crippen LogP contribution in [-0.2, 0) is 0 Å². The van der Waals surface area contributed by atoms with E-state index in [9.17, 15) is 4.79 Å². The molecule has 0 bridgehead atoms. The Morgan fingerprint density at radius 1 is 1.36 bits per heavy atom. The predicted octanol–water partition coefficient (Wildman–Crippen LogP) is 1.16. The van der Waals surface area contributed by atoms with Gasteiger partial charge in [0.05, 0.1) is 33.3 Å². The van der Waals surface area contributed by atoms with Crippen molar-refractivity contribution < 1.29 is 18.8 Å². The molecule has 5 nitrogen and oxygen atoms in total. The van der Waals surface area contributed by atoms with Crippen molar-refractivity contribution in [1.29, 1.82) is 0 Å². The van der Waals surface area contributed by atoms with Crippen LogP contribution in [0, 0.1) is 6.92 Å². The van der Waals surface area contributed by atoms with Gasteiger partial charge in [-0.3, -0.25) is 4.79 Å². The number of carbonyl (C=O) groups excluding carboxylic acids is 1. The largest absolute Gasteiger partial charge is 0.497 e. The summed E-state index contributed by atoms with van der Waals surface area (Å²) in [4.78, 5) is 13.9. The van der Waals surface area contributed by atoms with Gasteiger partial charge >= 0.3 is 0 Å². The van der Waals surface area contributed by atoms with Gasteiger partial charge in [-0.25, -0.2) is 0 Å². The average Bonchev–Trinajstić information content (AvgIpc) is 3.15. The Balaban J connectivity index is 1.69. The summed E-state index contributed by atoms with van der Waals surface area (Å²) in [7, 11) is 1.63. The fourth-order valence-electron chi connectivity index (χ4n) is 3.10. The van der Waals surface area contributed by atoms with Crippen LogP contribution in [0.1, 0.15) is 29.0 Å². The molecule has 0 aliphatic carbocycles. The van der Waals surface area contributed by atoms with Crippen LogP contribution in [0.2, 0.25) is 0 Å². The number of benzene rings is 1. The van der Waals surface area contributed by atoms with Gasteiger partial charge in [-0.2, -0.15) is 0 Å². The first-order valence-corrected chi connectivity index (χ1v) is 7.88. The standard InChI is InChI=1S/C17H22N2O3/c1-12-14-11-13(21-2)5-6-15(14)22-16(12)17(20)18-7-10-19-8-3-4-9-19/h5-6,11H,3-4,7-10H2,1-2H3,(H,18,20)/p+1. The smallest absolute Gasteiger partial charge is 0.287 e. The van der Waals surface area contributed by atoms with E-state index in [4.69, 9.17) is 9.15 Å². The monoisotopic (exact) mass is 303 g/mol. The van der Waals surface area contributed by atoms with Gasteiger partial charge in [0, 0.05) is 23.8 Å². The lowest BCUT2D eigenvalue weighted by atomic mass is 10.1. The van der Waals surface area contributed by atoms with Gasteiger partial charge in [-0.1, -0.05) is 0 Å². The van der Waals surface area contributed by atoms with E-state index in [1.54, 1.807) is 12.0 Å². The molecule has 2 aromatic rings. The number of nitrogens with one attached hydrogen (secondary N) is 2. The number of rotatable bonds is 5. The van der Waals surface area contributed by atoms with Crippen molar-refractivity contribution >= 4 is 16.9 Å². The molecule has 1 saturated heterocycles. The molecule has 1 aromatic carbocycles. The molecule has 22 heavy (non-hydrogen) atoms. The fourth-order valence-corrected chi connectivity index (χ4v) is 3.10. The second-order valence-corrected chi connectivity index (χ2v) is 5.88. The Labute approximate surface area is 130 Å². The van der Waals surface area contributed by atoms with Crippen molar-refractivity contribution in [2.45, 2.75) is 19.8 Å². The minimum atomic E-state index is -0.133. The van der Waals surface area contributed by atoms with E-state index in [1.165, 1.54) is 25.9 Å². The van der Waals surface area contributed by atoms with E-state index >= 15 is 0 Å². The zero-order valence-corrected chi connectivity index (χ0v) is 13.2. The number of ether oxygens (including phenoxy) is 1. The predicted molar refractivity (Wildman–Crippen MR) is 84.6 cm³/mol. The maximum Gasteiger partial charge on any atom is 0.287 e. The number of hydrogen-bond donors (Lipinski definition) is 2. The number of hydrogen-bond acceptors (Lipinski definition) is 3. The van der Waals surface area contributed by atoms with Crippen LogP contribution in [0.3, 0.4) is 0 Å². The molecular weight excluding hydrogens is 280 g/mol. The van der Waals surface area contributed by atoms with Crippen LogP contribution >= 0.6 is 0 Å². The third-order valence-electron chi connectivity index (χ3n) is 4.42. The van der Waals surface area contributed by atoms with Crippen LogP contribution in [0.4, 0.5) is 0 Å². The van der Waals surface area contributed by atoms with Crippen molar-refractivity contribution in [3.8, 4) is 5.75 Å². The number of aryl methyl sites for hydroxylation is 1.